The van der Waals surface area contributed by atoms with Crippen LogP contribution in [0.1, 0.15) is 40.5 Å². The van der Waals surface area contributed by atoms with Gasteiger partial charge in [-0.2, -0.15) is 0 Å². The normalized spacial score (nSPS) is 19.0. The number of carbonyl (C=O) groups is 2. The van der Waals surface area contributed by atoms with Crippen LogP contribution in [0.4, 0.5) is 15.8 Å². The Labute approximate surface area is 256 Å². The molecule has 2 atom stereocenters. The van der Waals surface area contributed by atoms with Gasteiger partial charge in [0.15, 0.2) is 0 Å². The van der Waals surface area contributed by atoms with E-state index in [1.54, 1.807) is 42.2 Å². The number of amides is 2. The van der Waals surface area contributed by atoms with Crippen molar-refractivity contribution >= 4 is 69.0 Å². The minimum atomic E-state index is -1.02. The maximum absolute atomic E-state index is 14.6. The molecule has 11 heteroatoms. The van der Waals surface area contributed by atoms with E-state index < -0.39 is 17.9 Å². The molecule has 0 spiro atoms. The van der Waals surface area contributed by atoms with Crippen molar-refractivity contribution in [2.45, 2.75) is 19.0 Å². The molecule has 2 aliphatic rings. The molecular formula is C29H28Cl2FIN4O3. The smallest absolute Gasteiger partial charge is 0.257 e. The molecule has 2 amide bonds. The maximum Gasteiger partial charge on any atom is 0.257 e. The summed E-state index contributed by atoms with van der Waals surface area (Å²) in [5.74, 6) is -1.29. The molecule has 0 aliphatic carbocycles. The highest BCUT2D eigenvalue weighted by atomic mass is 127. The molecule has 3 aromatic carbocycles. The van der Waals surface area contributed by atoms with E-state index in [2.05, 4.69) is 27.5 Å². The van der Waals surface area contributed by atoms with Crippen LogP contribution < -0.4 is 10.6 Å². The summed E-state index contributed by atoms with van der Waals surface area (Å²) in [4.78, 5) is 34.4. The van der Waals surface area contributed by atoms with Crippen LogP contribution in [0.15, 0.2) is 54.6 Å². The Balaban J connectivity index is 1.65. The zero-order chi connectivity index (χ0) is 28.6. The first kappa shape index (κ1) is 29.1. The van der Waals surface area contributed by atoms with E-state index >= 15 is 0 Å². The topological polar surface area (TPSA) is 79.1 Å². The number of nitrogen functional groups attached to an aromatic ring is 1. The molecule has 0 bridgehead atoms. The molecule has 3 aromatic rings. The van der Waals surface area contributed by atoms with Crippen LogP contribution in [-0.4, -0.2) is 61.0 Å². The summed E-state index contributed by atoms with van der Waals surface area (Å²) in [7, 11) is 0. The number of nitrogens with zero attached hydrogens (tertiary/aromatic N) is 3. The first-order chi connectivity index (χ1) is 19.2. The monoisotopic (exact) mass is 696 g/mol. The Morgan fingerprint density at radius 1 is 1.05 bits per heavy atom. The Kier molecular flexibility index (Phi) is 8.86. The fourth-order valence-electron chi connectivity index (χ4n) is 5.29. The number of halogens is 4. The standard InChI is InChI=1S/C29H28Cl2FIN4O3/c1-17(21-15-24(32)23(31)16-25(21)34)37-27(18-2-4-19(30)5-3-18)29(39)36(9-8-35-10-12-40-13-11-35)26-7-6-20(33)14-22(26)28(37)38/h2-7,14-17,27H,8-13,34H2,1H3. The van der Waals surface area contributed by atoms with Crippen LogP contribution in [0.5, 0.6) is 0 Å². The van der Waals surface area contributed by atoms with Crippen LogP contribution >= 0.6 is 45.8 Å². The van der Waals surface area contributed by atoms with Crippen molar-refractivity contribution in [3.8, 4) is 0 Å². The molecule has 2 unspecified atom stereocenters. The summed E-state index contributed by atoms with van der Waals surface area (Å²) in [6, 6.07) is 13.1. The molecule has 210 valence electrons. The summed E-state index contributed by atoms with van der Waals surface area (Å²) < 4.78 is 21.0. The third-order valence-electron chi connectivity index (χ3n) is 7.41. The van der Waals surface area contributed by atoms with Crippen molar-refractivity contribution < 1.29 is 18.7 Å². The largest absolute Gasteiger partial charge is 0.398 e. The molecule has 7 nitrogen and oxygen atoms in total. The maximum atomic E-state index is 14.6. The lowest BCUT2D eigenvalue weighted by molar-refractivity contribution is -0.123. The number of anilines is 2. The van der Waals surface area contributed by atoms with E-state index in [0.717, 1.165) is 16.7 Å². The molecule has 0 radical (unpaired) electrons. The third-order valence-corrected chi connectivity index (χ3v) is 8.63. The van der Waals surface area contributed by atoms with Gasteiger partial charge in [-0.1, -0.05) is 35.3 Å². The van der Waals surface area contributed by atoms with Gasteiger partial charge in [-0.15, -0.1) is 0 Å². The summed E-state index contributed by atoms with van der Waals surface area (Å²) in [6.07, 6.45) is 0. The van der Waals surface area contributed by atoms with Gasteiger partial charge in [0.25, 0.3) is 11.8 Å². The van der Waals surface area contributed by atoms with Gasteiger partial charge in [0.05, 0.1) is 35.5 Å². The molecule has 2 heterocycles. The third kappa shape index (κ3) is 5.80. The van der Waals surface area contributed by atoms with Gasteiger partial charge in [-0.05, 0) is 77.5 Å². The minimum absolute atomic E-state index is 0.116. The summed E-state index contributed by atoms with van der Waals surface area (Å²) in [5, 5.41) is 0.386. The Morgan fingerprint density at radius 2 is 1.75 bits per heavy atom. The minimum Gasteiger partial charge on any atom is -0.398 e. The lowest BCUT2D eigenvalue weighted by Crippen LogP contribution is -2.47. The van der Waals surface area contributed by atoms with Gasteiger partial charge in [-0.25, -0.2) is 4.39 Å². The van der Waals surface area contributed by atoms with E-state index in [-0.39, 0.29) is 22.5 Å². The fourth-order valence-corrected chi connectivity index (χ4v) is 6.08. The van der Waals surface area contributed by atoms with Crippen LogP contribution in [0, 0.1) is 9.39 Å². The number of morpholine rings is 1. The molecule has 2 N–H and O–H groups in total. The van der Waals surface area contributed by atoms with Crippen LogP contribution in [0.25, 0.3) is 0 Å². The predicted molar refractivity (Wildman–Crippen MR) is 163 cm³/mol. The second-order valence-corrected chi connectivity index (χ2v) is 11.9. The Bertz CT molecular complexity index is 1440. The predicted octanol–water partition coefficient (Wildman–Crippen LogP) is 5.94. The molecule has 5 rings (SSSR count). The molecule has 0 saturated carbocycles. The molecule has 1 fully saturated rings. The molecule has 1 saturated heterocycles. The number of hydrogen-bond acceptors (Lipinski definition) is 5. The first-order valence-corrected chi connectivity index (χ1v) is 14.7. The van der Waals surface area contributed by atoms with Crippen molar-refractivity contribution in [1.82, 2.24) is 9.80 Å². The van der Waals surface area contributed by atoms with Crippen LogP contribution in [0.3, 0.4) is 0 Å². The number of carbonyl (C=O) groups excluding carboxylic acids is 2. The second kappa shape index (κ2) is 12.2. The van der Waals surface area contributed by atoms with E-state index in [0.29, 0.717) is 53.7 Å². The van der Waals surface area contributed by atoms with Gasteiger partial charge in [0.1, 0.15) is 11.9 Å². The van der Waals surface area contributed by atoms with Gasteiger partial charge in [-0.3, -0.25) is 14.5 Å². The van der Waals surface area contributed by atoms with E-state index in [1.165, 1.54) is 17.0 Å². The zero-order valence-electron chi connectivity index (χ0n) is 21.7. The number of benzene rings is 3. The van der Waals surface area contributed by atoms with E-state index in [1.807, 2.05) is 12.1 Å². The number of rotatable bonds is 6. The van der Waals surface area contributed by atoms with Crippen molar-refractivity contribution in [1.29, 1.82) is 0 Å². The molecule has 40 heavy (non-hydrogen) atoms. The molecule has 0 aromatic heterocycles. The highest BCUT2D eigenvalue weighted by molar-refractivity contribution is 14.1. The lowest BCUT2D eigenvalue weighted by Gasteiger charge is -2.36. The van der Waals surface area contributed by atoms with Crippen LogP contribution in [-0.2, 0) is 9.53 Å². The lowest BCUT2D eigenvalue weighted by atomic mass is 9.97. The highest BCUT2D eigenvalue weighted by Gasteiger charge is 2.43. The summed E-state index contributed by atoms with van der Waals surface area (Å²) >= 11 is 14.3. The van der Waals surface area contributed by atoms with Crippen molar-refractivity contribution in [2.75, 3.05) is 50.0 Å². The summed E-state index contributed by atoms with van der Waals surface area (Å²) in [5.41, 5.74) is 8.37. The number of nitrogens with two attached hydrogens (primary N) is 1. The van der Waals surface area contributed by atoms with E-state index in [4.69, 9.17) is 33.7 Å². The SMILES string of the molecule is CC(c1cc(F)c(Cl)cc1N)N1C(=O)c2cc(I)ccc2N(CCN2CCOCC2)C(=O)C1c1ccc(Cl)cc1. The Morgan fingerprint density at radius 3 is 2.45 bits per heavy atom. The Hall–Kier alpha value is -2.44. The van der Waals surface area contributed by atoms with Gasteiger partial charge in [0, 0.05) is 46.0 Å². The quantitative estimate of drug-likeness (QED) is 0.255. The van der Waals surface area contributed by atoms with Crippen molar-refractivity contribution in [2.24, 2.45) is 0 Å². The van der Waals surface area contributed by atoms with Gasteiger partial charge in [0.2, 0.25) is 0 Å². The zero-order valence-corrected chi connectivity index (χ0v) is 25.4. The first-order valence-electron chi connectivity index (χ1n) is 12.9. The van der Waals surface area contributed by atoms with Crippen LogP contribution in [0.2, 0.25) is 10.0 Å². The van der Waals surface area contributed by atoms with Gasteiger partial charge < -0.3 is 20.3 Å². The summed E-state index contributed by atoms with van der Waals surface area (Å²) in [6.45, 7) is 5.55. The number of fused-ring (bicyclic) bond motifs is 1. The highest BCUT2D eigenvalue weighted by Crippen LogP contribution is 2.42. The molecule has 2 aliphatic heterocycles. The second-order valence-electron chi connectivity index (χ2n) is 9.84. The molecular weight excluding hydrogens is 669 g/mol. The fraction of sp³-hybridized carbons (Fsp3) is 0.310. The average Bonchev–Trinajstić information content (AvgIpc) is 3.02. The number of ether oxygens (including phenoxy) is 1. The average molecular weight is 697 g/mol. The number of hydrogen-bond donors (Lipinski definition) is 1. The van der Waals surface area contributed by atoms with Crippen molar-refractivity contribution in [3.05, 3.63) is 90.7 Å². The van der Waals surface area contributed by atoms with Crippen molar-refractivity contribution in [3.63, 3.8) is 0 Å². The van der Waals surface area contributed by atoms with Gasteiger partial charge >= 0.3 is 0 Å². The van der Waals surface area contributed by atoms with E-state index in [9.17, 15) is 14.0 Å².